The molecule has 0 aliphatic carbocycles. The van der Waals surface area contributed by atoms with E-state index >= 15 is 0 Å². The Morgan fingerprint density at radius 3 is 2.45 bits per heavy atom. The molecule has 0 fully saturated rings. The minimum Gasteiger partial charge on any atom is -0.358 e. The number of nitrogens with one attached hydrogen (secondary N) is 2. The van der Waals surface area contributed by atoms with E-state index in [0.717, 1.165) is 5.56 Å². The SMILES string of the molecule is Fc1ccc(NC(=S)NCc2ccc(Cl)cc2)cc1Cl. The maximum absolute atomic E-state index is 13.0. The fraction of sp³-hybridized carbons (Fsp3) is 0.0714. The van der Waals surface area contributed by atoms with Crippen LogP contribution in [0.1, 0.15) is 5.56 Å². The van der Waals surface area contributed by atoms with Crippen LogP contribution in [0.3, 0.4) is 0 Å². The predicted octanol–water partition coefficient (Wildman–Crippen LogP) is 4.62. The summed E-state index contributed by atoms with van der Waals surface area (Å²) in [4.78, 5) is 0. The number of rotatable bonds is 3. The van der Waals surface area contributed by atoms with Crippen LogP contribution in [0.15, 0.2) is 42.5 Å². The molecular weight excluding hydrogens is 318 g/mol. The van der Waals surface area contributed by atoms with Gasteiger partial charge >= 0.3 is 0 Å². The van der Waals surface area contributed by atoms with Crippen LogP contribution in [0.25, 0.3) is 0 Å². The van der Waals surface area contributed by atoms with Gasteiger partial charge in [-0.15, -0.1) is 0 Å². The Bertz CT molecular complexity index is 617. The zero-order chi connectivity index (χ0) is 14.5. The zero-order valence-electron chi connectivity index (χ0n) is 10.3. The van der Waals surface area contributed by atoms with Crippen molar-refractivity contribution in [2.75, 3.05) is 5.32 Å². The Balaban J connectivity index is 1.89. The van der Waals surface area contributed by atoms with Crippen molar-refractivity contribution in [3.8, 4) is 0 Å². The summed E-state index contributed by atoms with van der Waals surface area (Å²) in [6.07, 6.45) is 0. The topological polar surface area (TPSA) is 24.1 Å². The highest BCUT2D eigenvalue weighted by atomic mass is 35.5. The first-order valence-corrected chi connectivity index (χ1v) is 6.95. The van der Waals surface area contributed by atoms with Crippen LogP contribution < -0.4 is 10.6 Å². The second-order valence-corrected chi connectivity index (χ2v) is 5.31. The van der Waals surface area contributed by atoms with E-state index < -0.39 is 5.82 Å². The molecule has 0 bridgehead atoms. The number of benzene rings is 2. The number of hydrogen-bond donors (Lipinski definition) is 2. The van der Waals surface area contributed by atoms with Crippen molar-refractivity contribution in [3.63, 3.8) is 0 Å². The normalized spacial score (nSPS) is 10.2. The van der Waals surface area contributed by atoms with Crippen LogP contribution in [0, 0.1) is 5.82 Å². The number of thiocarbonyl (C=S) groups is 1. The molecule has 0 spiro atoms. The lowest BCUT2D eigenvalue weighted by Gasteiger charge is -2.11. The molecule has 0 saturated carbocycles. The summed E-state index contributed by atoms with van der Waals surface area (Å²) < 4.78 is 13.0. The van der Waals surface area contributed by atoms with Gasteiger partial charge in [-0.2, -0.15) is 0 Å². The lowest BCUT2D eigenvalue weighted by Crippen LogP contribution is -2.27. The second kappa shape index (κ2) is 6.88. The summed E-state index contributed by atoms with van der Waals surface area (Å²) in [5.41, 5.74) is 1.68. The van der Waals surface area contributed by atoms with E-state index in [0.29, 0.717) is 22.4 Å². The van der Waals surface area contributed by atoms with Crippen molar-refractivity contribution in [2.24, 2.45) is 0 Å². The van der Waals surface area contributed by atoms with Gasteiger partial charge in [0, 0.05) is 17.3 Å². The Kier molecular flexibility index (Phi) is 5.17. The van der Waals surface area contributed by atoms with Gasteiger partial charge in [-0.05, 0) is 48.1 Å². The molecular formula is C14H11Cl2FN2S. The first kappa shape index (κ1) is 15.0. The predicted molar refractivity (Wildman–Crippen MR) is 85.9 cm³/mol. The minimum absolute atomic E-state index is 0.0514. The molecule has 2 aromatic rings. The molecule has 0 heterocycles. The quantitative estimate of drug-likeness (QED) is 0.804. The molecule has 0 unspecified atom stereocenters. The number of hydrogen-bond acceptors (Lipinski definition) is 1. The Morgan fingerprint density at radius 1 is 1.10 bits per heavy atom. The van der Waals surface area contributed by atoms with Gasteiger partial charge in [-0.3, -0.25) is 0 Å². The first-order chi connectivity index (χ1) is 9.54. The fourth-order valence-corrected chi connectivity index (χ4v) is 2.03. The van der Waals surface area contributed by atoms with E-state index in [1.807, 2.05) is 24.3 Å². The van der Waals surface area contributed by atoms with Crippen LogP contribution in [-0.2, 0) is 6.54 Å². The smallest absolute Gasteiger partial charge is 0.171 e. The highest BCUT2D eigenvalue weighted by Crippen LogP contribution is 2.19. The summed E-state index contributed by atoms with van der Waals surface area (Å²) >= 11 is 16.7. The van der Waals surface area contributed by atoms with E-state index in [-0.39, 0.29) is 5.02 Å². The van der Waals surface area contributed by atoms with Crippen LogP contribution in [-0.4, -0.2) is 5.11 Å². The van der Waals surface area contributed by atoms with Gasteiger partial charge in [0.1, 0.15) is 5.82 Å². The molecule has 0 saturated heterocycles. The average Bonchev–Trinajstić information content (AvgIpc) is 2.42. The number of anilines is 1. The largest absolute Gasteiger partial charge is 0.358 e. The van der Waals surface area contributed by atoms with E-state index in [9.17, 15) is 4.39 Å². The van der Waals surface area contributed by atoms with Gasteiger partial charge in [0.05, 0.1) is 5.02 Å². The first-order valence-electron chi connectivity index (χ1n) is 5.79. The lowest BCUT2D eigenvalue weighted by molar-refractivity contribution is 0.628. The third kappa shape index (κ3) is 4.34. The van der Waals surface area contributed by atoms with Gasteiger partial charge < -0.3 is 10.6 Å². The van der Waals surface area contributed by atoms with Crippen molar-refractivity contribution in [1.29, 1.82) is 0 Å². The third-order valence-electron chi connectivity index (χ3n) is 2.54. The highest BCUT2D eigenvalue weighted by Gasteiger charge is 2.02. The van der Waals surface area contributed by atoms with E-state index in [4.69, 9.17) is 35.4 Å². The third-order valence-corrected chi connectivity index (χ3v) is 3.33. The molecule has 0 radical (unpaired) electrons. The lowest BCUT2D eigenvalue weighted by atomic mass is 10.2. The van der Waals surface area contributed by atoms with Crippen molar-refractivity contribution >= 4 is 46.2 Å². The Labute approximate surface area is 131 Å². The van der Waals surface area contributed by atoms with Gasteiger partial charge in [-0.25, -0.2) is 4.39 Å². The molecule has 6 heteroatoms. The van der Waals surface area contributed by atoms with Gasteiger partial charge in [0.2, 0.25) is 0 Å². The molecule has 20 heavy (non-hydrogen) atoms. The van der Waals surface area contributed by atoms with Gasteiger partial charge in [0.15, 0.2) is 5.11 Å². The van der Waals surface area contributed by atoms with Crippen LogP contribution in [0.2, 0.25) is 10.0 Å². The standard InChI is InChI=1S/C14H11Cl2FN2S/c15-10-3-1-9(2-4-10)8-18-14(20)19-11-5-6-13(17)12(16)7-11/h1-7H,8H2,(H2,18,19,20). The maximum Gasteiger partial charge on any atom is 0.171 e. The van der Waals surface area contributed by atoms with Crippen molar-refractivity contribution in [2.45, 2.75) is 6.54 Å². The molecule has 2 aromatic carbocycles. The van der Waals surface area contributed by atoms with E-state index in [1.54, 1.807) is 6.07 Å². The monoisotopic (exact) mass is 328 g/mol. The summed E-state index contributed by atoms with van der Waals surface area (Å²) in [6.45, 7) is 0.567. The second-order valence-electron chi connectivity index (χ2n) is 4.06. The van der Waals surface area contributed by atoms with Crippen LogP contribution >= 0.6 is 35.4 Å². The average molecular weight is 329 g/mol. The van der Waals surface area contributed by atoms with E-state index in [1.165, 1.54) is 12.1 Å². The molecule has 0 amide bonds. The molecule has 0 atom stereocenters. The summed E-state index contributed by atoms with van der Waals surface area (Å²) in [7, 11) is 0. The van der Waals surface area contributed by atoms with Gasteiger partial charge in [0.25, 0.3) is 0 Å². The van der Waals surface area contributed by atoms with Gasteiger partial charge in [-0.1, -0.05) is 35.3 Å². The Hall–Kier alpha value is -1.36. The maximum atomic E-state index is 13.0. The van der Waals surface area contributed by atoms with Crippen molar-refractivity contribution in [3.05, 3.63) is 63.9 Å². The van der Waals surface area contributed by atoms with Crippen LogP contribution in [0.4, 0.5) is 10.1 Å². The zero-order valence-corrected chi connectivity index (χ0v) is 12.6. The molecule has 0 aromatic heterocycles. The van der Waals surface area contributed by atoms with Crippen molar-refractivity contribution < 1.29 is 4.39 Å². The summed E-state index contributed by atoms with van der Waals surface area (Å²) in [6, 6.07) is 11.8. The fourth-order valence-electron chi connectivity index (χ4n) is 1.53. The summed E-state index contributed by atoms with van der Waals surface area (Å²) in [5, 5.41) is 7.15. The van der Waals surface area contributed by atoms with Crippen molar-refractivity contribution in [1.82, 2.24) is 5.32 Å². The Morgan fingerprint density at radius 2 is 1.80 bits per heavy atom. The molecule has 2 rings (SSSR count). The number of halogens is 3. The molecule has 2 nitrogen and oxygen atoms in total. The molecule has 104 valence electrons. The highest BCUT2D eigenvalue weighted by molar-refractivity contribution is 7.80. The van der Waals surface area contributed by atoms with E-state index in [2.05, 4.69) is 10.6 Å². The molecule has 2 N–H and O–H groups in total. The molecule has 0 aliphatic rings. The minimum atomic E-state index is -0.461. The summed E-state index contributed by atoms with van der Waals surface area (Å²) in [5.74, 6) is -0.461. The molecule has 0 aliphatic heterocycles. The van der Waals surface area contributed by atoms with Crippen LogP contribution in [0.5, 0.6) is 0 Å².